The van der Waals surface area contributed by atoms with Gasteiger partial charge in [0, 0.05) is 20.3 Å². The van der Waals surface area contributed by atoms with Crippen molar-refractivity contribution in [3.05, 3.63) is 52.2 Å². The van der Waals surface area contributed by atoms with Gasteiger partial charge in [-0.15, -0.1) is 22.7 Å². The molecule has 0 saturated carbocycles. The van der Waals surface area contributed by atoms with Crippen LogP contribution in [0.4, 0.5) is 0 Å². The van der Waals surface area contributed by atoms with Crippen LogP contribution >= 0.6 is 22.7 Å². The van der Waals surface area contributed by atoms with E-state index in [-0.39, 0.29) is 6.04 Å². The van der Waals surface area contributed by atoms with Crippen molar-refractivity contribution in [1.82, 2.24) is 0 Å². The molecule has 1 aromatic carbocycles. The largest absolute Gasteiger partial charge is 0.497 e. The van der Waals surface area contributed by atoms with E-state index in [1.165, 1.54) is 19.8 Å². The van der Waals surface area contributed by atoms with Crippen molar-refractivity contribution >= 4 is 32.1 Å². The van der Waals surface area contributed by atoms with Crippen LogP contribution in [0.2, 0.25) is 0 Å². The number of thiophene rings is 2. The molecule has 0 spiro atoms. The molecule has 1 atom stereocenters. The topological polar surface area (TPSA) is 35.2 Å². The summed E-state index contributed by atoms with van der Waals surface area (Å²) in [5.41, 5.74) is 7.55. The van der Waals surface area contributed by atoms with E-state index in [0.29, 0.717) is 0 Å². The fourth-order valence-electron chi connectivity index (χ4n) is 2.08. The summed E-state index contributed by atoms with van der Waals surface area (Å²) in [5, 5.41) is 2.12. The van der Waals surface area contributed by atoms with Crippen LogP contribution in [0.1, 0.15) is 16.5 Å². The maximum atomic E-state index is 6.30. The zero-order chi connectivity index (χ0) is 13.2. The second-order valence-corrected chi connectivity index (χ2v) is 6.52. The molecule has 0 aliphatic rings. The van der Waals surface area contributed by atoms with Gasteiger partial charge in [-0.1, -0.05) is 12.1 Å². The smallest absolute Gasteiger partial charge is 0.118 e. The Kier molecular flexibility index (Phi) is 3.55. The van der Waals surface area contributed by atoms with Gasteiger partial charge >= 0.3 is 0 Å². The molecule has 0 amide bonds. The van der Waals surface area contributed by atoms with E-state index in [9.17, 15) is 0 Å². The van der Waals surface area contributed by atoms with Crippen molar-refractivity contribution in [2.24, 2.45) is 5.73 Å². The number of ether oxygens (including phenoxy) is 1. The number of hydrogen-bond acceptors (Lipinski definition) is 4. The Labute approximate surface area is 120 Å². The van der Waals surface area contributed by atoms with Gasteiger partial charge < -0.3 is 10.5 Å². The number of hydrogen-bond donors (Lipinski definition) is 1. The van der Waals surface area contributed by atoms with Crippen molar-refractivity contribution in [2.45, 2.75) is 12.5 Å². The molecule has 3 aromatic rings. The van der Waals surface area contributed by atoms with E-state index in [1.807, 2.05) is 12.1 Å². The Morgan fingerprint density at radius 1 is 1.16 bits per heavy atom. The quantitative estimate of drug-likeness (QED) is 0.780. The van der Waals surface area contributed by atoms with E-state index >= 15 is 0 Å². The van der Waals surface area contributed by atoms with E-state index in [4.69, 9.17) is 10.5 Å². The molecule has 1 unspecified atom stereocenters. The lowest BCUT2D eigenvalue weighted by Crippen LogP contribution is -2.11. The molecule has 2 nitrogen and oxygen atoms in total. The number of rotatable bonds is 4. The number of fused-ring (bicyclic) bond motifs is 1. The fraction of sp³-hybridized carbons (Fsp3) is 0.200. The molecule has 3 rings (SSSR count). The molecule has 19 heavy (non-hydrogen) atoms. The van der Waals surface area contributed by atoms with Crippen LogP contribution < -0.4 is 10.5 Å². The lowest BCUT2D eigenvalue weighted by Gasteiger charge is -2.10. The highest BCUT2D eigenvalue weighted by Crippen LogP contribution is 2.33. The standard InChI is InChI=1S/C15H15NOS2/c1-17-11-4-2-10(3-5-11)8-12(16)14-9-15-13(19-14)6-7-18-15/h2-7,9,12H,8,16H2,1H3. The highest BCUT2D eigenvalue weighted by molar-refractivity contribution is 7.26. The summed E-state index contributed by atoms with van der Waals surface area (Å²) < 4.78 is 7.84. The average Bonchev–Trinajstić information content (AvgIpc) is 3.00. The monoisotopic (exact) mass is 289 g/mol. The van der Waals surface area contributed by atoms with E-state index < -0.39 is 0 Å². The third-order valence-corrected chi connectivity index (χ3v) is 5.36. The molecular formula is C15H15NOS2. The summed E-state index contributed by atoms with van der Waals surface area (Å²) in [6.45, 7) is 0. The Balaban J connectivity index is 1.76. The van der Waals surface area contributed by atoms with Crippen molar-refractivity contribution in [3.63, 3.8) is 0 Å². The summed E-state index contributed by atoms with van der Waals surface area (Å²) in [4.78, 5) is 1.26. The molecule has 0 bridgehead atoms. The van der Waals surface area contributed by atoms with Crippen LogP contribution in [0.25, 0.3) is 9.40 Å². The molecule has 4 heteroatoms. The van der Waals surface area contributed by atoms with Gasteiger partial charge in [0.1, 0.15) is 5.75 Å². The van der Waals surface area contributed by atoms with E-state index in [0.717, 1.165) is 12.2 Å². The number of methoxy groups -OCH3 is 1. The first-order chi connectivity index (χ1) is 9.26. The number of benzene rings is 1. The fourth-order valence-corrected chi connectivity index (χ4v) is 4.20. The lowest BCUT2D eigenvalue weighted by molar-refractivity contribution is 0.414. The summed E-state index contributed by atoms with van der Waals surface area (Å²) in [7, 11) is 1.68. The van der Waals surface area contributed by atoms with Crippen LogP contribution in [0.3, 0.4) is 0 Å². The zero-order valence-electron chi connectivity index (χ0n) is 10.6. The van der Waals surface area contributed by atoms with Crippen molar-refractivity contribution in [1.29, 1.82) is 0 Å². The SMILES string of the molecule is COc1ccc(CC(N)c2cc3sccc3s2)cc1. The first kappa shape index (κ1) is 12.7. The molecule has 2 heterocycles. The first-order valence-electron chi connectivity index (χ1n) is 6.11. The van der Waals surface area contributed by atoms with Crippen molar-refractivity contribution in [3.8, 4) is 5.75 Å². The molecule has 0 saturated heterocycles. The van der Waals surface area contributed by atoms with Gasteiger partial charge in [0.05, 0.1) is 7.11 Å². The van der Waals surface area contributed by atoms with Gasteiger partial charge in [-0.25, -0.2) is 0 Å². The third-order valence-electron chi connectivity index (χ3n) is 3.14. The summed E-state index contributed by atoms with van der Waals surface area (Å²) in [6, 6.07) is 12.6. The maximum Gasteiger partial charge on any atom is 0.118 e. The second kappa shape index (κ2) is 5.33. The van der Waals surface area contributed by atoms with Gasteiger partial charge in [-0.2, -0.15) is 0 Å². The van der Waals surface area contributed by atoms with Crippen LogP contribution in [-0.2, 0) is 6.42 Å². The molecule has 0 fully saturated rings. The van der Waals surface area contributed by atoms with Gasteiger partial charge in [0.25, 0.3) is 0 Å². The minimum absolute atomic E-state index is 0.0676. The molecule has 98 valence electrons. The molecule has 2 N–H and O–H groups in total. The Morgan fingerprint density at radius 3 is 2.63 bits per heavy atom. The average molecular weight is 289 g/mol. The highest BCUT2D eigenvalue weighted by Gasteiger charge is 2.11. The predicted octanol–water partition coefficient (Wildman–Crippen LogP) is 4.21. The Morgan fingerprint density at radius 2 is 1.95 bits per heavy atom. The van der Waals surface area contributed by atoms with Crippen molar-refractivity contribution < 1.29 is 4.74 Å². The molecule has 0 aliphatic heterocycles. The van der Waals surface area contributed by atoms with Gasteiger partial charge in [-0.05, 0) is 41.6 Å². The first-order valence-corrected chi connectivity index (χ1v) is 7.81. The highest BCUT2D eigenvalue weighted by atomic mass is 32.1. The molecular weight excluding hydrogens is 274 g/mol. The van der Waals surface area contributed by atoms with Crippen LogP contribution in [0.15, 0.2) is 41.8 Å². The normalized spacial score (nSPS) is 12.7. The minimum atomic E-state index is 0.0676. The van der Waals surface area contributed by atoms with Crippen LogP contribution in [0, 0.1) is 0 Å². The van der Waals surface area contributed by atoms with E-state index in [2.05, 4.69) is 29.6 Å². The van der Waals surface area contributed by atoms with E-state index in [1.54, 1.807) is 29.8 Å². The van der Waals surface area contributed by atoms with Gasteiger partial charge in [0.15, 0.2) is 0 Å². The Bertz CT molecular complexity index is 640. The maximum absolute atomic E-state index is 6.30. The van der Waals surface area contributed by atoms with Gasteiger partial charge in [-0.3, -0.25) is 0 Å². The van der Waals surface area contributed by atoms with Crippen LogP contribution in [-0.4, -0.2) is 7.11 Å². The second-order valence-electron chi connectivity index (χ2n) is 4.46. The molecule has 2 aromatic heterocycles. The summed E-state index contributed by atoms with van der Waals surface area (Å²) >= 11 is 3.57. The zero-order valence-corrected chi connectivity index (χ0v) is 12.3. The minimum Gasteiger partial charge on any atom is -0.497 e. The summed E-state index contributed by atoms with van der Waals surface area (Å²) in [5.74, 6) is 0.883. The molecule has 0 radical (unpaired) electrons. The Hall–Kier alpha value is -1.36. The third kappa shape index (κ3) is 2.66. The predicted molar refractivity (Wildman–Crippen MR) is 83.3 cm³/mol. The number of nitrogens with two attached hydrogens (primary N) is 1. The molecule has 0 aliphatic carbocycles. The van der Waals surface area contributed by atoms with Crippen molar-refractivity contribution in [2.75, 3.05) is 7.11 Å². The lowest BCUT2D eigenvalue weighted by atomic mass is 10.1. The summed E-state index contributed by atoms with van der Waals surface area (Å²) in [6.07, 6.45) is 0.859. The van der Waals surface area contributed by atoms with Crippen LogP contribution in [0.5, 0.6) is 5.75 Å². The van der Waals surface area contributed by atoms with Gasteiger partial charge in [0.2, 0.25) is 0 Å².